The van der Waals surface area contributed by atoms with Gasteiger partial charge in [0, 0.05) is 16.9 Å². The third kappa shape index (κ3) is 4.06. The molecule has 0 aliphatic carbocycles. The zero-order chi connectivity index (χ0) is 27.1. The Morgan fingerprint density at radius 1 is 0.718 bits per heavy atom. The molecule has 2 aliphatic rings. The zero-order valence-electron chi connectivity index (χ0n) is 21.4. The summed E-state index contributed by atoms with van der Waals surface area (Å²) >= 11 is 0. The second kappa shape index (κ2) is 9.64. The molecule has 1 atom stereocenters. The van der Waals surface area contributed by atoms with Crippen molar-refractivity contribution in [2.45, 2.75) is 12.7 Å². The van der Waals surface area contributed by atoms with E-state index in [9.17, 15) is 14.4 Å². The highest BCUT2D eigenvalue weighted by Crippen LogP contribution is 2.38. The van der Waals surface area contributed by atoms with Gasteiger partial charge in [-0.2, -0.15) is 0 Å². The number of benzene rings is 4. The zero-order valence-corrected chi connectivity index (χ0v) is 21.4. The van der Waals surface area contributed by atoms with Gasteiger partial charge in [-0.1, -0.05) is 30.3 Å². The summed E-state index contributed by atoms with van der Waals surface area (Å²) < 4.78 is 10.9. The topological polar surface area (TPSA) is 88.2 Å². The number of anilines is 2. The molecule has 8 nitrogen and oxygen atoms in total. The van der Waals surface area contributed by atoms with Crippen molar-refractivity contribution in [1.82, 2.24) is 4.90 Å². The third-order valence-corrected chi connectivity index (χ3v) is 7.10. The van der Waals surface area contributed by atoms with E-state index in [0.29, 0.717) is 39.4 Å². The van der Waals surface area contributed by atoms with Crippen molar-refractivity contribution in [3.05, 3.63) is 119 Å². The van der Waals surface area contributed by atoms with Gasteiger partial charge in [-0.3, -0.25) is 24.2 Å². The molecule has 194 valence electrons. The maximum absolute atomic E-state index is 13.8. The summed E-state index contributed by atoms with van der Waals surface area (Å²) in [5.41, 5.74) is 4.15. The summed E-state index contributed by atoms with van der Waals surface area (Å²) in [6.45, 7) is 0.0309. The van der Waals surface area contributed by atoms with Gasteiger partial charge >= 0.3 is 0 Å². The van der Waals surface area contributed by atoms with Crippen LogP contribution in [0.1, 0.15) is 48.4 Å². The Hall–Kier alpha value is -5.11. The first-order chi connectivity index (χ1) is 19.0. The molecule has 2 aliphatic heterocycles. The van der Waals surface area contributed by atoms with E-state index < -0.39 is 6.17 Å². The Morgan fingerprint density at radius 2 is 1.36 bits per heavy atom. The van der Waals surface area contributed by atoms with Gasteiger partial charge in [0.15, 0.2) is 0 Å². The first-order valence-electron chi connectivity index (χ1n) is 12.5. The number of nitrogens with one attached hydrogen (secondary N) is 1. The first-order valence-corrected chi connectivity index (χ1v) is 12.5. The summed E-state index contributed by atoms with van der Waals surface area (Å²) in [7, 11) is 3.14. The van der Waals surface area contributed by atoms with E-state index in [1.807, 2.05) is 54.6 Å². The van der Waals surface area contributed by atoms with Crippen molar-refractivity contribution in [2.24, 2.45) is 0 Å². The Labute approximate surface area is 225 Å². The smallest absolute Gasteiger partial charge is 0.262 e. The Bertz CT molecular complexity index is 1580. The number of fused-ring (bicyclic) bond motifs is 2. The second-order valence-electron chi connectivity index (χ2n) is 9.28. The van der Waals surface area contributed by atoms with Gasteiger partial charge < -0.3 is 14.8 Å². The lowest BCUT2D eigenvalue weighted by atomic mass is 10.0. The maximum Gasteiger partial charge on any atom is 0.262 e. The van der Waals surface area contributed by atoms with E-state index in [0.717, 1.165) is 11.3 Å². The minimum atomic E-state index is -0.562. The normalized spacial score (nSPS) is 16.1. The summed E-state index contributed by atoms with van der Waals surface area (Å²) in [5, 5.41) is 3.50. The number of carbonyl (C=O) groups excluding carboxylic acids is 3. The molecule has 3 amide bonds. The summed E-state index contributed by atoms with van der Waals surface area (Å²) in [6.07, 6.45) is -0.562. The van der Waals surface area contributed by atoms with Crippen molar-refractivity contribution >= 4 is 29.1 Å². The highest BCUT2D eigenvalue weighted by molar-refractivity contribution is 6.21. The number of ether oxygens (including phenoxy) is 2. The fraction of sp³-hybridized carbons (Fsp3) is 0.129. The van der Waals surface area contributed by atoms with Gasteiger partial charge in [-0.25, -0.2) is 0 Å². The molecule has 8 heteroatoms. The molecule has 6 rings (SSSR count). The number of amides is 3. The number of imide groups is 1. The van der Waals surface area contributed by atoms with E-state index >= 15 is 0 Å². The molecule has 4 aromatic rings. The van der Waals surface area contributed by atoms with Gasteiger partial charge in [0.05, 0.1) is 37.5 Å². The number of hydrogen-bond donors (Lipinski definition) is 1. The molecular weight excluding hydrogens is 494 g/mol. The van der Waals surface area contributed by atoms with Gasteiger partial charge in [-0.15, -0.1) is 0 Å². The van der Waals surface area contributed by atoms with Crippen LogP contribution in [0.4, 0.5) is 11.4 Å². The molecule has 0 aromatic heterocycles. The number of para-hydroxylation sites is 1. The highest BCUT2D eigenvalue weighted by atomic mass is 16.5. The lowest BCUT2D eigenvalue weighted by molar-refractivity contribution is 0.0641. The highest BCUT2D eigenvalue weighted by Gasteiger charge is 2.37. The van der Waals surface area contributed by atoms with Crippen LogP contribution in [-0.2, 0) is 6.54 Å². The Morgan fingerprint density at radius 3 is 2.00 bits per heavy atom. The van der Waals surface area contributed by atoms with Crippen LogP contribution in [0, 0.1) is 0 Å². The molecule has 0 spiro atoms. The summed E-state index contributed by atoms with van der Waals surface area (Å²) in [5.74, 6) is 0.373. The predicted octanol–water partition coefficient (Wildman–Crippen LogP) is 5.27. The number of nitrogens with zero attached hydrogens (tertiary/aromatic N) is 2. The molecule has 39 heavy (non-hydrogen) atoms. The molecule has 0 saturated carbocycles. The summed E-state index contributed by atoms with van der Waals surface area (Å²) in [6, 6.07) is 27.0. The van der Waals surface area contributed by atoms with Crippen molar-refractivity contribution in [3.63, 3.8) is 0 Å². The van der Waals surface area contributed by atoms with Gasteiger partial charge in [-0.05, 0) is 66.2 Å². The fourth-order valence-electron chi connectivity index (χ4n) is 5.14. The molecule has 0 radical (unpaired) electrons. The number of methoxy groups -OCH3 is 2. The van der Waals surface area contributed by atoms with E-state index in [1.54, 1.807) is 55.5 Å². The van der Waals surface area contributed by atoms with Crippen LogP contribution in [0.5, 0.6) is 11.5 Å². The Balaban J connectivity index is 1.41. The number of rotatable bonds is 6. The fourth-order valence-corrected chi connectivity index (χ4v) is 5.14. The largest absolute Gasteiger partial charge is 0.497 e. The maximum atomic E-state index is 13.8. The van der Waals surface area contributed by atoms with E-state index in [-0.39, 0.29) is 24.3 Å². The molecule has 1 N–H and O–H groups in total. The molecule has 0 unspecified atom stereocenters. The molecule has 0 fully saturated rings. The van der Waals surface area contributed by atoms with Crippen LogP contribution >= 0.6 is 0 Å². The lowest BCUT2D eigenvalue weighted by Crippen LogP contribution is -2.43. The van der Waals surface area contributed by atoms with Crippen molar-refractivity contribution < 1.29 is 23.9 Å². The molecule has 0 bridgehead atoms. The molecule has 2 heterocycles. The van der Waals surface area contributed by atoms with E-state index in [4.69, 9.17) is 9.47 Å². The monoisotopic (exact) mass is 519 g/mol. The van der Waals surface area contributed by atoms with E-state index in [2.05, 4.69) is 5.32 Å². The quantitative estimate of drug-likeness (QED) is 0.349. The minimum Gasteiger partial charge on any atom is -0.497 e. The van der Waals surface area contributed by atoms with Crippen LogP contribution in [0.25, 0.3) is 0 Å². The van der Waals surface area contributed by atoms with Crippen LogP contribution in [-0.4, -0.2) is 36.8 Å². The Kier molecular flexibility index (Phi) is 5.99. The van der Waals surface area contributed by atoms with Gasteiger partial charge in [0.25, 0.3) is 17.7 Å². The van der Waals surface area contributed by atoms with Gasteiger partial charge in [0.1, 0.15) is 17.7 Å². The van der Waals surface area contributed by atoms with Crippen molar-refractivity contribution in [1.29, 1.82) is 0 Å². The number of hydrogen-bond acceptors (Lipinski definition) is 6. The van der Waals surface area contributed by atoms with Gasteiger partial charge in [0.2, 0.25) is 0 Å². The standard InChI is InChI=1S/C31H25N3O5/c1-38-22-14-12-21(13-15-22)34-28(32-26-10-6-5-9-25(26)31(34)37)19-11-16-27(39-2)20(17-19)18-33-29(35)23-7-3-4-8-24(23)30(33)36/h3-17,28,32H,18H2,1-2H3/t28-/m1/s1. The van der Waals surface area contributed by atoms with Crippen molar-refractivity contribution in [3.8, 4) is 11.5 Å². The SMILES string of the molecule is COc1ccc(N2C(=O)c3ccccc3N[C@H]2c2ccc(OC)c(CN3C(=O)c4ccccc4C3=O)c2)cc1. The molecule has 0 saturated heterocycles. The van der Waals surface area contributed by atoms with Crippen LogP contribution in [0.15, 0.2) is 91.0 Å². The number of carbonyl (C=O) groups is 3. The van der Waals surface area contributed by atoms with Crippen LogP contribution in [0.3, 0.4) is 0 Å². The molecule has 4 aromatic carbocycles. The second-order valence-corrected chi connectivity index (χ2v) is 9.28. The molecular formula is C31H25N3O5. The average Bonchev–Trinajstić information content (AvgIpc) is 3.22. The minimum absolute atomic E-state index is 0.0309. The van der Waals surface area contributed by atoms with Crippen molar-refractivity contribution in [2.75, 3.05) is 24.4 Å². The van der Waals surface area contributed by atoms with Crippen LogP contribution < -0.4 is 19.7 Å². The third-order valence-electron chi connectivity index (χ3n) is 7.10. The first kappa shape index (κ1) is 24.2. The summed E-state index contributed by atoms with van der Waals surface area (Å²) in [4.78, 5) is 42.8. The average molecular weight is 520 g/mol. The predicted molar refractivity (Wildman–Crippen MR) is 146 cm³/mol. The van der Waals surface area contributed by atoms with Crippen LogP contribution in [0.2, 0.25) is 0 Å². The lowest BCUT2D eigenvalue weighted by Gasteiger charge is -2.38. The van der Waals surface area contributed by atoms with E-state index in [1.165, 1.54) is 4.90 Å².